The Morgan fingerprint density at radius 3 is 1.74 bits per heavy atom. The Bertz CT molecular complexity index is 2700. The van der Waals surface area contributed by atoms with Gasteiger partial charge < -0.3 is 29.4 Å². The van der Waals surface area contributed by atoms with Crippen LogP contribution in [-0.4, -0.2) is 66.8 Å². The van der Waals surface area contributed by atoms with Crippen molar-refractivity contribution in [3.05, 3.63) is 72.0 Å². The Hall–Kier alpha value is -0.920. The molecule has 0 radical (unpaired) electrons. The Balaban J connectivity index is 0.00000364. The average Bonchev–Trinajstić information content (AvgIpc) is 2.98. The molecule has 4 aromatic carbocycles. The van der Waals surface area contributed by atoms with E-state index < -0.39 is 105 Å². The van der Waals surface area contributed by atoms with Crippen molar-refractivity contribution >= 4 is 97.5 Å². The molecule has 5 rings (SSSR count). The van der Waals surface area contributed by atoms with Gasteiger partial charge in [-0.3, -0.25) is 4.55 Å². The Kier molecular flexibility index (Phi) is 18.6. The number of anilines is 4. The van der Waals surface area contributed by atoms with Crippen LogP contribution in [0.4, 0.5) is 34.6 Å². The molecule has 29 heteroatoms. The van der Waals surface area contributed by atoms with Gasteiger partial charge in [0.1, 0.15) is 40.9 Å². The zero-order chi connectivity index (χ0) is 36.8. The summed E-state index contributed by atoms with van der Waals surface area (Å²) in [5.74, 6) is -2.20. The summed E-state index contributed by atoms with van der Waals surface area (Å²) in [5, 5.41) is 24.3. The van der Waals surface area contributed by atoms with E-state index in [2.05, 4.69) is 35.8 Å². The van der Waals surface area contributed by atoms with Crippen molar-refractivity contribution in [1.82, 2.24) is 15.0 Å². The van der Waals surface area contributed by atoms with Crippen molar-refractivity contribution in [3.63, 3.8) is 0 Å². The van der Waals surface area contributed by atoms with E-state index in [1.807, 2.05) is 0 Å². The van der Waals surface area contributed by atoms with Crippen LogP contribution in [0, 0.1) is 0 Å². The fourth-order valence-electron chi connectivity index (χ4n) is 4.25. The van der Waals surface area contributed by atoms with E-state index in [-0.39, 0.29) is 130 Å². The normalized spacial score (nSPS) is 11.8. The molecule has 0 fully saturated rings. The third kappa shape index (κ3) is 12.5. The van der Waals surface area contributed by atoms with Gasteiger partial charge in [-0.2, -0.15) is 23.4 Å². The Labute approximate surface area is 400 Å². The number of nitrogens with zero attached hydrogens (tertiary/aromatic N) is 5. The van der Waals surface area contributed by atoms with Crippen LogP contribution in [0.15, 0.2) is 96.5 Å². The van der Waals surface area contributed by atoms with Gasteiger partial charge >= 0.3 is 118 Å². The molecule has 0 saturated heterocycles. The SMILES string of the molecule is O=S(=O)([O-])c1ccc(Nc2nc(Cl)nc(Nc3cc(S(=O)(=O)[O-])cc4cc(S(=O)(=O)O)c(N=Nc5ccccc5S(=O)(=O)[O-])c([O-])c34)n2)cc1.[Na+].[Na+].[Na+].[Na+]. The molecular formula is C25H14ClN7Na4O13S4. The van der Waals surface area contributed by atoms with Gasteiger partial charge in [-0.1, -0.05) is 17.9 Å². The van der Waals surface area contributed by atoms with Crippen molar-refractivity contribution in [2.24, 2.45) is 10.2 Å². The smallest absolute Gasteiger partial charge is 0.870 e. The van der Waals surface area contributed by atoms with E-state index in [0.717, 1.165) is 24.3 Å². The summed E-state index contributed by atoms with van der Waals surface area (Å²) in [6.45, 7) is 0. The molecule has 1 aromatic heterocycles. The van der Waals surface area contributed by atoms with Gasteiger partial charge in [-0.15, -0.1) is 10.2 Å². The van der Waals surface area contributed by atoms with E-state index in [1.54, 1.807) is 0 Å². The molecule has 0 aliphatic heterocycles. The summed E-state index contributed by atoms with van der Waals surface area (Å²) in [7, 11) is -20.5. The van der Waals surface area contributed by atoms with Crippen molar-refractivity contribution in [1.29, 1.82) is 0 Å². The third-order valence-electron chi connectivity index (χ3n) is 6.32. The fourth-order valence-corrected chi connectivity index (χ4v) is 6.68. The monoisotopic (exact) mass is 875 g/mol. The molecule has 5 aromatic rings. The van der Waals surface area contributed by atoms with Crippen LogP contribution in [0.3, 0.4) is 0 Å². The summed E-state index contributed by atoms with van der Waals surface area (Å²) in [4.78, 5) is 7.99. The first-order valence-electron chi connectivity index (χ1n) is 12.8. The van der Waals surface area contributed by atoms with Crippen LogP contribution in [0.25, 0.3) is 10.8 Å². The van der Waals surface area contributed by atoms with Crippen molar-refractivity contribution in [3.8, 4) is 5.75 Å². The second-order valence-electron chi connectivity index (χ2n) is 9.65. The standard InChI is InChI=1S/C25H18ClN7O13S4.4Na/c26-23-29-24(27-13-5-7-14(8-6-13)47(35,36)37)31-25(30-23)28-17-11-15(48(38,39)40)9-12-10-19(50(44,45)46)21(22(34)20(12)17)33-32-16-3-1-2-4-18(16)49(41,42)43;;;;/h1-11,34H,(H,35,36,37)(H,38,39,40)(H,41,42,43)(H,44,45,46)(H2,27,28,29,30,31);;;;/q;4*+1/p-4. The van der Waals surface area contributed by atoms with Crippen LogP contribution in [0.2, 0.25) is 5.28 Å². The predicted molar refractivity (Wildman–Crippen MR) is 166 cm³/mol. The first kappa shape index (κ1) is 51.1. The maximum Gasteiger partial charge on any atom is 1.00 e. The van der Waals surface area contributed by atoms with Gasteiger partial charge in [0, 0.05) is 11.4 Å². The van der Waals surface area contributed by atoms with Gasteiger partial charge in [0.05, 0.1) is 20.4 Å². The van der Waals surface area contributed by atoms with Crippen LogP contribution in [-0.2, 0) is 40.5 Å². The second kappa shape index (κ2) is 19.7. The molecule has 54 heavy (non-hydrogen) atoms. The average molecular weight is 876 g/mol. The summed E-state index contributed by atoms with van der Waals surface area (Å²) in [6, 6.07) is 10.5. The van der Waals surface area contributed by atoms with E-state index in [0.29, 0.717) is 18.2 Å². The zero-order valence-corrected chi connectivity index (χ0v) is 40.0. The van der Waals surface area contributed by atoms with Crippen LogP contribution in [0.1, 0.15) is 0 Å². The van der Waals surface area contributed by atoms with Gasteiger partial charge in [0.2, 0.25) is 17.2 Å². The third-order valence-corrected chi connectivity index (χ3v) is 9.90. The molecule has 262 valence electrons. The maximum absolute atomic E-state index is 13.8. The number of fused-ring (bicyclic) bond motifs is 1. The summed E-state index contributed by atoms with van der Waals surface area (Å²) >= 11 is 6.00. The minimum Gasteiger partial charge on any atom is -0.870 e. The minimum absolute atomic E-state index is 0. The number of rotatable bonds is 10. The van der Waals surface area contributed by atoms with Crippen LogP contribution < -0.4 is 134 Å². The van der Waals surface area contributed by atoms with Crippen molar-refractivity contribution in [2.75, 3.05) is 10.6 Å². The molecule has 0 amide bonds. The van der Waals surface area contributed by atoms with E-state index >= 15 is 0 Å². The molecule has 3 N–H and O–H groups in total. The van der Waals surface area contributed by atoms with Crippen molar-refractivity contribution in [2.45, 2.75) is 19.6 Å². The number of hydrogen-bond acceptors (Lipinski definition) is 19. The number of hydrogen-bond donors (Lipinski definition) is 3. The van der Waals surface area contributed by atoms with E-state index in [9.17, 15) is 57.0 Å². The Morgan fingerprint density at radius 1 is 0.648 bits per heavy atom. The number of benzene rings is 4. The van der Waals surface area contributed by atoms with Gasteiger partial charge in [0.25, 0.3) is 10.1 Å². The first-order valence-corrected chi connectivity index (χ1v) is 18.9. The summed E-state index contributed by atoms with van der Waals surface area (Å²) < 4.78 is 139. The quantitative estimate of drug-likeness (QED) is 0.0666. The second-order valence-corrected chi connectivity index (χ2v) is 15.5. The summed E-state index contributed by atoms with van der Waals surface area (Å²) in [5.41, 5.74) is -2.14. The van der Waals surface area contributed by atoms with Gasteiger partial charge in [-0.05, 0) is 77.0 Å². The molecule has 20 nitrogen and oxygen atoms in total. The molecule has 0 aliphatic rings. The topological polar surface area (TPSA) is 336 Å². The molecule has 1 heterocycles. The molecule has 0 saturated carbocycles. The minimum atomic E-state index is -5.35. The van der Waals surface area contributed by atoms with E-state index in [1.165, 1.54) is 24.3 Å². The van der Waals surface area contributed by atoms with Crippen LogP contribution in [0.5, 0.6) is 5.75 Å². The zero-order valence-electron chi connectivity index (χ0n) is 27.9. The van der Waals surface area contributed by atoms with Crippen LogP contribution >= 0.6 is 11.6 Å². The van der Waals surface area contributed by atoms with Gasteiger partial charge in [-0.25, -0.2) is 25.3 Å². The summed E-state index contributed by atoms with van der Waals surface area (Å²) in [6.07, 6.45) is 0. The molecule has 0 atom stereocenters. The Morgan fingerprint density at radius 2 is 1.20 bits per heavy atom. The molecule has 0 spiro atoms. The predicted octanol–water partition coefficient (Wildman–Crippen LogP) is -9.37. The molecule has 0 unspecified atom stereocenters. The number of nitrogens with one attached hydrogen (secondary N) is 2. The number of azo groups is 1. The molecule has 0 bridgehead atoms. The van der Waals surface area contributed by atoms with Crippen molar-refractivity contribution < 1.29 is 175 Å². The molecule has 0 aliphatic carbocycles. The fraction of sp³-hybridized carbons (Fsp3) is 0. The van der Waals surface area contributed by atoms with E-state index in [4.69, 9.17) is 11.6 Å². The number of aromatic nitrogens is 3. The first-order chi connectivity index (χ1) is 23.1. The van der Waals surface area contributed by atoms with Gasteiger partial charge in [0.15, 0.2) is 0 Å². The maximum atomic E-state index is 13.8. The largest absolute Gasteiger partial charge is 1.00 e. The molecular weight excluding hydrogens is 862 g/mol. The number of halogens is 1.